The van der Waals surface area contributed by atoms with Gasteiger partial charge in [-0.1, -0.05) is 37.4 Å². The van der Waals surface area contributed by atoms with E-state index in [9.17, 15) is 0 Å². The molecular formula is C21H23ClN4O2. The highest BCUT2D eigenvalue weighted by molar-refractivity contribution is 6.31. The largest absolute Gasteiger partial charge is 0.454 e. The van der Waals surface area contributed by atoms with Gasteiger partial charge in [0, 0.05) is 23.5 Å². The molecule has 0 amide bonds. The molecule has 4 rings (SSSR count). The standard InChI is InChI=1S/C21H23ClN4O2/c1-2-3-4-9-23-21-25-17-7-6-15(22)11-16(17)20(26-21)24-12-14-5-8-18-19(10-14)28-13-27-18/h5-8,10-11H,2-4,9,12-13H2,1H3,(H2,23,24,25,26). The smallest absolute Gasteiger partial charge is 0.231 e. The summed E-state index contributed by atoms with van der Waals surface area (Å²) in [7, 11) is 0. The topological polar surface area (TPSA) is 68.3 Å². The summed E-state index contributed by atoms with van der Waals surface area (Å²) in [6.45, 7) is 3.92. The number of benzene rings is 2. The Morgan fingerprint density at radius 2 is 1.89 bits per heavy atom. The lowest BCUT2D eigenvalue weighted by Gasteiger charge is -2.12. The third kappa shape index (κ3) is 4.22. The second kappa shape index (κ2) is 8.52. The molecule has 0 atom stereocenters. The zero-order valence-corrected chi connectivity index (χ0v) is 16.6. The minimum atomic E-state index is 0.272. The second-order valence-electron chi connectivity index (χ2n) is 6.73. The van der Waals surface area contributed by atoms with Gasteiger partial charge in [-0.3, -0.25) is 0 Å². The molecule has 0 saturated carbocycles. The van der Waals surface area contributed by atoms with E-state index >= 15 is 0 Å². The molecule has 28 heavy (non-hydrogen) atoms. The summed E-state index contributed by atoms with van der Waals surface area (Å²) in [5.74, 6) is 2.93. The first-order chi connectivity index (χ1) is 13.7. The van der Waals surface area contributed by atoms with Gasteiger partial charge in [-0.15, -0.1) is 0 Å². The Kier molecular flexibility index (Phi) is 5.67. The number of unbranched alkanes of at least 4 members (excludes halogenated alkanes) is 2. The van der Waals surface area contributed by atoms with E-state index in [2.05, 4.69) is 27.5 Å². The van der Waals surface area contributed by atoms with Gasteiger partial charge < -0.3 is 20.1 Å². The maximum atomic E-state index is 6.20. The fourth-order valence-electron chi connectivity index (χ4n) is 3.13. The van der Waals surface area contributed by atoms with Crippen molar-refractivity contribution in [3.63, 3.8) is 0 Å². The average Bonchev–Trinajstić information content (AvgIpc) is 3.17. The molecule has 3 aromatic rings. The number of hydrogen-bond donors (Lipinski definition) is 2. The van der Waals surface area contributed by atoms with Gasteiger partial charge in [0.25, 0.3) is 0 Å². The van der Waals surface area contributed by atoms with Gasteiger partial charge in [-0.2, -0.15) is 4.98 Å². The molecule has 6 nitrogen and oxygen atoms in total. The van der Waals surface area contributed by atoms with Gasteiger partial charge in [-0.05, 0) is 42.3 Å². The molecule has 1 aliphatic heterocycles. The fourth-order valence-corrected chi connectivity index (χ4v) is 3.30. The van der Waals surface area contributed by atoms with Crippen molar-refractivity contribution in [3.8, 4) is 11.5 Å². The van der Waals surface area contributed by atoms with Crippen molar-refractivity contribution in [3.05, 3.63) is 47.0 Å². The summed E-state index contributed by atoms with van der Waals surface area (Å²) in [5.41, 5.74) is 1.93. The number of fused-ring (bicyclic) bond motifs is 2. The molecule has 0 bridgehead atoms. The van der Waals surface area contributed by atoms with Crippen molar-refractivity contribution in [2.75, 3.05) is 24.0 Å². The minimum absolute atomic E-state index is 0.272. The molecule has 2 aromatic carbocycles. The Labute approximate surface area is 169 Å². The van der Waals surface area contributed by atoms with E-state index in [0.717, 1.165) is 46.7 Å². The molecule has 7 heteroatoms. The summed E-state index contributed by atoms with van der Waals surface area (Å²) in [6, 6.07) is 11.6. The molecule has 1 aromatic heterocycles. The van der Waals surface area contributed by atoms with Crippen molar-refractivity contribution in [2.45, 2.75) is 32.7 Å². The second-order valence-corrected chi connectivity index (χ2v) is 7.17. The van der Waals surface area contributed by atoms with Crippen molar-refractivity contribution >= 4 is 34.3 Å². The van der Waals surface area contributed by atoms with Crippen molar-refractivity contribution < 1.29 is 9.47 Å². The number of halogens is 1. The molecule has 0 saturated heterocycles. The highest BCUT2D eigenvalue weighted by Gasteiger charge is 2.14. The van der Waals surface area contributed by atoms with Crippen molar-refractivity contribution in [1.29, 1.82) is 0 Å². The van der Waals surface area contributed by atoms with Crippen LogP contribution in [0.5, 0.6) is 11.5 Å². The third-order valence-corrected chi connectivity index (χ3v) is 4.85. The quantitative estimate of drug-likeness (QED) is 0.506. The molecule has 2 N–H and O–H groups in total. The number of hydrogen-bond acceptors (Lipinski definition) is 6. The number of nitrogens with zero attached hydrogens (tertiary/aromatic N) is 2. The van der Waals surface area contributed by atoms with Crippen LogP contribution in [0, 0.1) is 0 Å². The molecule has 1 aliphatic rings. The van der Waals surface area contributed by atoms with E-state index in [-0.39, 0.29) is 6.79 Å². The van der Waals surface area contributed by atoms with Crippen LogP contribution in [0.25, 0.3) is 10.9 Å². The maximum absolute atomic E-state index is 6.20. The Morgan fingerprint density at radius 1 is 1.00 bits per heavy atom. The first kappa shape index (κ1) is 18.6. The fraction of sp³-hybridized carbons (Fsp3) is 0.333. The monoisotopic (exact) mass is 398 g/mol. The predicted molar refractivity (Wildman–Crippen MR) is 112 cm³/mol. The Hall–Kier alpha value is -2.73. The minimum Gasteiger partial charge on any atom is -0.454 e. The lowest BCUT2D eigenvalue weighted by Crippen LogP contribution is -2.09. The molecule has 0 aliphatic carbocycles. The Bertz CT molecular complexity index is 980. The van der Waals surface area contributed by atoms with Gasteiger partial charge >= 0.3 is 0 Å². The summed E-state index contributed by atoms with van der Waals surface area (Å²) in [4.78, 5) is 9.30. The van der Waals surface area contributed by atoms with Gasteiger partial charge in [0.1, 0.15) is 5.82 Å². The van der Waals surface area contributed by atoms with Crippen LogP contribution in [0.2, 0.25) is 5.02 Å². The molecule has 0 unspecified atom stereocenters. The number of rotatable bonds is 8. The van der Waals surface area contributed by atoms with Gasteiger partial charge in [0.2, 0.25) is 12.7 Å². The summed E-state index contributed by atoms with van der Waals surface area (Å²) < 4.78 is 10.8. The number of anilines is 2. The number of ether oxygens (including phenoxy) is 2. The summed E-state index contributed by atoms with van der Waals surface area (Å²) >= 11 is 6.20. The van der Waals surface area contributed by atoms with E-state index in [1.807, 2.05) is 36.4 Å². The van der Waals surface area contributed by atoms with Gasteiger partial charge in [0.05, 0.1) is 5.52 Å². The van der Waals surface area contributed by atoms with Crippen LogP contribution in [0.4, 0.5) is 11.8 Å². The van der Waals surface area contributed by atoms with E-state index in [1.165, 1.54) is 12.8 Å². The average molecular weight is 399 g/mol. The summed E-state index contributed by atoms with van der Waals surface area (Å²) in [6.07, 6.45) is 3.46. The van der Waals surface area contributed by atoms with E-state index in [4.69, 9.17) is 21.1 Å². The van der Waals surface area contributed by atoms with Crippen LogP contribution >= 0.6 is 11.6 Å². The van der Waals surface area contributed by atoms with Crippen LogP contribution in [0.3, 0.4) is 0 Å². The van der Waals surface area contributed by atoms with Crippen molar-refractivity contribution in [1.82, 2.24) is 9.97 Å². The highest BCUT2D eigenvalue weighted by atomic mass is 35.5. The first-order valence-corrected chi connectivity index (χ1v) is 9.94. The van der Waals surface area contributed by atoms with Crippen molar-refractivity contribution in [2.24, 2.45) is 0 Å². The first-order valence-electron chi connectivity index (χ1n) is 9.56. The highest BCUT2D eigenvalue weighted by Crippen LogP contribution is 2.33. The molecule has 0 spiro atoms. The van der Waals surface area contributed by atoms with Crippen LogP contribution < -0.4 is 20.1 Å². The third-order valence-electron chi connectivity index (χ3n) is 4.62. The number of aromatic nitrogens is 2. The number of nitrogens with one attached hydrogen (secondary N) is 2. The van der Waals surface area contributed by atoms with Gasteiger partial charge in [0.15, 0.2) is 11.5 Å². The lowest BCUT2D eigenvalue weighted by molar-refractivity contribution is 0.174. The van der Waals surface area contributed by atoms with E-state index in [1.54, 1.807) is 0 Å². The molecule has 2 heterocycles. The predicted octanol–water partition coefficient (Wildman–Crippen LogP) is 5.23. The molecule has 146 valence electrons. The van der Waals surface area contributed by atoms with Crippen LogP contribution in [-0.4, -0.2) is 23.3 Å². The summed E-state index contributed by atoms with van der Waals surface area (Å²) in [5, 5.41) is 8.30. The zero-order chi connectivity index (χ0) is 19.3. The zero-order valence-electron chi connectivity index (χ0n) is 15.8. The Morgan fingerprint density at radius 3 is 2.79 bits per heavy atom. The SMILES string of the molecule is CCCCCNc1nc(NCc2ccc3c(c2)OCO3)c2cc(Cl)ccc2n1. The van der Waals surface area contributed by atoms with Gasteiger partial charge in [-0.25, -0.2) is 4.98 Å². The molecule has 0 radical (unpaired) electrons. The Balaban J connectivity index is 1.55. The lowest BCUT2D eigenvalue weighted by atomic mass is 10.2. The maximum Gasteiger partial charge on any atom is 0.231 e. The molecule has 0 fully saturated rings. The van der Waals surface area contributed by atoms with Crippen LogP contribution in [0.1, 0.15) is 31.7 Å². The van der Waals surface area contributed by atoms with Crippen LogP contribution in [0.15, 0.2) is 36.4 Å². The van der Waals surface area contributed by atoms with Crippen LogP contribution in [-0.2, 0) is 6.54 Å². The normalized spacial score (nSPS) is 12.4. The van der Waals surface area contributed by atoms with E-state index in [0.29, 0.717) is 17.5 Å². The molecular weight excluding hydrogens is 376 g/mol. The van der Waals surface area contributed by atoms with E-state index < -0.39 is 0 Å².